The number of aromatic nitrogens is 1. The molecule has 2 fully saturated rings. The molecule has 2 aromatic rings. The first-order valence-corrected chi connectivity index (χ1v) is 9.25. The van der Waals surface area contributed by atoms with Crippen molar-refractivity contribution in [2.75, 3.05) is 6.61 Å². The van der Waals surface area contributed by atoms with E-state index >= 15 is 0 Å². The van der Waals surface area contributed by atoms with Gasteiger partial charge < -0.3 is 9.64 Å². The van der Waals surface area contributed by atoms with Crippen LogP contribution in [0.1, 0.15) is 41.6 Å². The van der Waals surface area contributed by atoms with E-state index in [9.17, 15) is 9.18 Å². The smallest absolute Gasteiger partial charge is 0.254 e. The highest BCUT2D eigenvalue weighted by atomic mass is 19.1. The van der Waals surface area contributed by atoms with Crippen molar-refractivity contribution in [2.45, 2.75) is 44.7 Å². The highest BCUT2D eigenvalue weighted by molar-refractivity contribution is 5.95. The van der Waals surface area contributed by atoms with E-state index in [1.807, 2.05) is 31.2 Å². The lowest BCUT2D eigenvalue weighted by Gasteiger charge is -2.40. The number of carbonyl (C=O) groups excluding carboxylic acids is 1. The summed E-state index contributed by atoms with van der Waals surface area (Å²) >= 11 is 0. The van der Waals surface area contributed by atoms with Gasteiger partial charge in [-0.2, -0.15) is 0 Å². The van der Waals surface area contributed by atoms with Crippen LogP contribution < -0.4 is 4.74 Å². The molecule has 0 spiro atoms. The molecule has 1 unspecified atom stereocenters. The van der Waals surface area contributed by atoms with E-state index < -0.39 is 0 Å². The number of aryl methyl sites for hydroxylation is 1. The van der Waals surface area contributed by atoms with Gasteiger partial charge in [0.2, 0.25) is 5.88 Å². The van der Waals surface area contributed by atoms with Crippen LogP contribution in [0, 0.1) is 18.7 Å². The quantitative estimate of drug-likeness (QED) is 0.834. The van der Waals surface area contributed by atoms with Crippen molar-refractivity contribution in [3.05, 3.63) is 59.5 Å². The zero-order chi connectivity index (χ0) is 18.1. The van der Waals surface area contributed by atoms with E-state index in [1.165, 1.54) is 6.07 Å². The molecule has 2 aliphatic rings. The molecule has 5 heteroatoms. The lowest BCUT2D eigenvalue weighted by molar-refractivity contribution is 0.0403. The Morgan fingerprint density at radius 2 is 2.08 bits per heavy atom. The molecule has 1 aromatic carbocycles. The molecule has 1 amide bonds. The third-order valence-corrected chi connectivity index (χ3v) is 5.61. The van der Waals surface area contributed by atoms with Crippen LogP contribution in [0.5, 0.6) is 5.88 Å². The molecule has 2 bridgehead atoms. The zero-order valence-electron chi connectivity index (χ0n) is 14.9. The van der Waals surface area contributed by atoms with Gasteiger partial charge in [0.25, 0.3) is 5.91 Å². The Morgan fingerprint density at radius 3 is 2.85 bits per heavy atom. The first kappa shape index (κ1) is 17.0. The maximum absolute atomic E-state index is 13.1. The minimum absolute atomic E-state index is 0.130. The predicted octanol–water partition coefficient (Wildman–Crippen LogP) is 3.99. The van der Waals surface area contributed by atoms with Crippen LogP contribution in [-0.2, 0) is 0 Å². The molecule has 26 heavy (non-hydrogen) atoms. The van der Waals surface area contributed by atoms with Crippen LogP contribution >= 0.6 is 0 Å². The fourth-order valence-corrected chi connectivity index (χ4v) is 4.34. The second kappa shape index (κ2) is 7.06. The van der Waals surface area contributed by atoms with Crippen molar-refractivity contribution in [3.63, 3.8) is 0 Å². The van der Waals surface area contributed by atoms with E-state index in [4.69, 9.17) is 4.74 Å². The third kappa shape index (κ3) is 3.30. The molecule has 0 radical (unpaired) electrons. The summed E-state index contributed by atoms with van der Waals surface area (Å²) in [7, 11) is 0. The highest BCUT2D eigenvalue weighted by Gasteiger charge is 2.45. The van der Waals surface area contributed by atoms with Gasteiger partial charge in [-0.25, -0.2) is 9.37 Å². The minimum Gasteiger partial charge on any atom is -0.477 e. The van der Waals surface area contributed by atoms with Gasteiger partial charge in [0.15, 0.2) is 0 Å². The van der Waals surface area contributed by atoms with Gasteiger partial charge >= 0.3 is 0 Å². The second-order valence-electron chi connectivity index (χ2n) is 7.34. The average Bonchev–Trinajstić information content (AvgIpc) is 2.96. The number of fused-ring (bicyclic) bond motifs is 2. The molecule has 2 saturated heterocycles. The van der Waals surface area contributed by atoms with Crippen molar-refractivity contribution in [1.29, 1.82) is 0 Å². The van der Waals surface area contributed by atoms with Crippen LogP contribution in [0.15, 0.2) is 42.6 Å². The van der Waals surface area contributed by atoms with Crippen LogP contribution in [0.2, 0.25) is 0 Å². The van der Waals surface area contributed by atoms with Crippen LogP contribution in [0.25, 0.3) is 0 Å². The van der Waals surface area contributed by atoms with E-state index in [1.54, 1.807) is 6.07 Å². The number of benzene rings is 1. The molecule has 136 valence electrons. The predicted molar refractivity (Wildman–Crippen MR) is 96.6 cm³/mol. The van der Waals surface area contributed by atoms with E-state index in [-0.39, 0.29) is 23.7 Å². The standard InChI is InChI=1S/C21H23FN2O2/c1-14-3-2-4-15(11-14)21(25)24-18-7-5-16(19(24)9-8-18)13-26-20-10-6-17(22)12-23-20/h2-4,6,10-12,16,18-19H,5,7-9,13H2,1H3/t16-,18-,19?/m1/s1. The largest absolute Gasteiger partial charge is 0.477 e. The molecule has 4 rings (SSSR count). The fourth-order valence-electron chi connectivity index (χ4n) is 4.34. The maximum Gasteiger partial charge on any atom is 0.254 e. The van der Waals surface area contributed by atoms with Gasteiger partial charge in [0, 0.05) is 29.6 Å². The van der Waals surface area contributed by atoms with E-state index in [2.05, 4.69) is 9.88 Å². The monoisotopic (exact) mass is 354 g/mol. The number of pyridine rings is 1. The Labute approximate surface area is 153 Å². The molecular formula is C21H23FN2O2. The van der Waals surface area contributed by atoms with Crippen LogP contribution in [0.4, 0.5) is 4.39 Å². The van der Waals surface area contributed by atoms with Crippen molar-refractivity contribution in [1.82, 2.24) is 9.88 Å². The van der Waals surface area contributed by atoms with Gasteiger partial charge in [0.1, 0.15) is 5.82 Å². The number of rotatable bonds is 4. The Morgan fingerprint density at radius 1 is 1.23 bits per heavy atom. The molecule has 2 aliphatic heterocycles. The van der Waals surface area contributed by atoms with Gasteiger partial charge in [-0.15, -0.1) is 0 Å². The molecule has 4 nitrogen and oxygen atoms in total. The van der Waals surface area contributed by atoms with Crippen molar-refractivity contribution >= 4 is 5.91 Å². The summed E-state index contributed by atoms with van der Waals surface area (Å²) in [6.07, 6.45) is 5.31. The summed E-state index contributed by atoms with van der Waals surface area (Å²) in [6, 6.07) is 11.3. The Bertz CT molecular complexity index is 793. The fraction of sp³-hybridized carbons (Fsp3) is 0.429. The summed E-state index contributed by atoms with van der Waals surface area (Å²) in [5.74, 6) is 0.479. The number of piperidine rings is 1. The summed E-state index contributed by atoms with van der Waals surface area (Å²) in [5, 5.41) is 0. The lowest BCUT2D eigenvalue weighted by atomic mass is 9.90. The molecular weight excluding hydrogens is 331 g/mol. The summed E-state index contributed by atoms with van der Waals surface area (Å²) in [5.41, 5.74) is 1.87. The maximum atomic E-state index is 13.1. The van der Waals surface area contributed by atoms with Crippen molar-refractivity contribution in [2.24, 2.45) is 5.92 Å². The molecule has 3 atom stereocenters. The number of nitrogens with zero attached hydrogens (tertiary/aromatic N) is 2. The molecule has 3 heterocycles. The first-order chi connectivity index (χ1) is 12.6. The molecule has 0 N–H and O–H groups in total. The number of carbonyl (C=O) groups is 1. The van der Waals surface area contributed by atoms with Crippen LogP contribution in [0.3, 0.4) is 0 Å². The van der Waals surface area contributed by atoms with Gasteiger partial charge in [0.05, 0.1) is 12.8 Å². The SMILES string of the molecule is Cc1cccc(C(=O)N2C3CC[C@H]2CC[C@@H]3COc2ccc(F)cn2)c1. The number of hydrogen-bond donors (Lipinski definition) is 0. The number of halogens is 1. The van der Waals surface area contributed by atoms with Crippen molar-refractivity contribution < 1.29 is 13.9 Å². The second-order valence-corrected chi connectivity index (χ2v) is 7.34. The Balaban J connectivity index is 1.47. The number of amides is 1. The van der Waals surface area contributed by atoms with Gasteiger partial charge in [-0.05, 0) is 50.8 Å². The third-order valence-electron chi connectivity index (χ3n) is 5.61. The summed E-state index contributed by atoms with van der Waals surface area (Å²) < 4.78 is 18.8. The highest BCUT2D eigenvalue weighted by Crippen LogP contribution is 2.40. The lowest BCUT2D eigenvalue weighted by Crippen LogP contribution is -2.49. The summed E-state index contributed by atoms with van der Waals surface area (Å²) in [6.45, 7) is 2.52. The van der Waals surface area contributed by atoms with Crippen molar-refractivity contribution in [3.8, 4) is 5.88 Å². The van der Waals surface area contributed by atoms with E-state index in [0.29, 0.717) is 18.5 Å². The number of ether oxygens (including phenoxy) is 1. The molecule has 0 aliphatic carbocycles. The molecule has 0 saturated carbocycles. The molecule has 1 aromatic heterocycles. The first-order valence-electron chi connectivity index (χ1n) is 9.25. The topological polar surface area (TPSA) is 42.4 Å². The van der Waals surface area contributed by atoms with Crippen LogP contribution in [-0.4, -0.2) is 34.5 Å². The van der Waals surface area contributed by atoms with Gasteiger partial charge in [-0.3, -0.25) is 4.79 Å². The van der Waals surface area contributed by atoms with E-state index in [0.717, 1.165) is 43.0 Å². The zero-order valence-corrected chi connectivity index (χ0v) is 14.9. The summed E-state index contributed by atoms with van der Waals surface area (Å²) in [4.78, 5) is 19.1. The minimum atomic E-state index is -0.372. The normalized spacial score (nSPS) is 24.5. The van der Waals surface area contributed by atoms with Gasteiger partial charge in [-0.1, -0.05) is 17.7 Å². The Hall–Kier alpha value is -2.43. The average molecular weight is 354 g/mol. The number of hydrogen-bond acceptors (Lipinski definition) is 3. The Kier molecular flexibility index (Phi) is 4.62.